The molecule has 218 valence electrons. The number of hydrogen-bond donors (Lipinski definition) is 1. The SMILES string of the molecule is COc1ccc(OCCOCCNCCC(=O)N2CCc3nc(SC4CCC4)n(-c4ccccc4)c(=O)c3C2)cc1. The van der Waals surface area contributed by atoms with Gasteiger partial charge in [-0.15, -0.1) is 0 Å². The van der Waals surface area contributed by atoms with Crippen molar-refractivity contribution in [2.24, 2.45) is 0 Å². The fourth-order valence-corrected chi connectivity index (χ4v) is 6.13. The first kappa shape index (κ1) is 29.2. The van der Waals surface area contributed by atoms with Crippen LogP contribution in [0.5, 0.6) is 11.5 Å². The van der Waals surface area contributed by atoms with Gasteiger partial charge >= 0.3 is 0 Å². The lowest BCUT2D eigenvalue weighted by Gasteiger charge is -2.30. The van der Waals surface area contributed by atoms with Crippen LogP contribution in [-0.4, -0.2) is 72.2 Å². The number of methoxy groups -OCH3 is 1. The Morgan fingerprint density at radius 1 is 1.02 bits per heavy atom. The smallest absolute Gasteiger partial charge is 0.264 e. The molecule has 9 nitrogen and oxygen atoms in total. The Balaban J connectivity index is 1.06. The topological polar surface area (TPSA) is 94.9 Å². The van der Waals surface area contributed by atoms with E-state index < -0.39 is 0 Å². The fourth-order valence-electron chi connectivity index (χ4n) is 4.80. The van der Waals surface area contributed by atoms with Crippen molar-refractivity contribution < 1.29 is 19.0 Å². The van der Waals surface area contributed by atoms with Crippen molar-refractivity contribution in [1.29, 1.82) is 0 Å². The molecule has 1 amide bonds. The molecule has 1 N–H and O–H groups in total. The highest BCUT2D eigenvalue weighted by Gasteiger charge is 2.28. The standard InChI is InChI=1S/C31H38N4O5S/c1-38-24-10-12-25(13-11-24)40-21-20-39-19-17-32-16-14-29(36)34-18-15-28-27(22-34)30(37)35(23-6-3-2-4-7-23)31(33-28)41-26-8-5-9-26/h2-4,6-7,10-13,26,32H,5,8-9,14-22H2,1H3. The summed E-state index contributed by atoms with van der Waals surface area (Å²) in [6.07, 6.45) is 4.52. The van der Waals surface area contributed by atoms with Crippen LogP contribution in [0.4, 0.5) is 0 Å². The monoisotopic (exact) mass is 578 g/mol. The number of nitrogens with one attached hydrogen (secondary N) is 1. The lowest BCUT2D eigenvalue weighted by molar-refractivity contribution is -0.132. The molecule has 0 radical (unpaired) electrons. The Labute approximate surface area is 245 Å². The molecule has 0 spiro atoms. The average Bonchev–Trinajstić information content (AvgIpc) is 2.98. The third-order valence-electron chi connectivity index (χ3n) is 7.39. The second-order valence-corrected chi connectivity index (χ2v) is 11.4. The van der Waals surface area contributed by atoms with Gasteiger partial charge in [-0.3, -0.25) is 14.2 Å². The van der Waals surface area contributed by atoms with Crippen molar-refractivity contribution in [3.8, 4) is 17.2 Å². The maximum absolute atomic E-state index is 13.7. The second kappa shape index (κ2) is 14.5. The number of aromatic nitrogens is 2. The summed E-state index contributed by atoms with van der Waals surface area (Å²) in [5, 5.41) is 4.55. The summed E-state index contributed by atoms with van der Waals surface area (Å²) < 4.78 is 18.1. The first-order valence-corrected chi connectivity index (χ1v) is 15.2. The number of amides is 1. The molecule has 0 bridgehead atoms. The summed E-state index contributed by atoms with van der Waals surface area (Å²) in [5.74, 6) is 1.60. The van der Waals surface area contributed by atoms with E-state index in [-0.39, 0.29) is 11.5 Å². The molecule has 10 heteroatoms. The van der Waals surface area contributed by atoms with Crippen molar-refractivity contribution in [2.45, 2.75) is 49.1 Å². The van der Waals surface area contributed by atoms with Crippen LogP contribution < -0.4 is 20.3 Å². The lowest BCUT2D eigenvalue weighted by atomic mass is 10.0. The normalized spacial score (nSPS) is 14.8. The van der Waals surface area contributed by atoms with Gasteiger partial charge in [0.2, 0.25) is 5.91 Å². The molecular formula is C31H38N4O5S. The summed E-state index contributed by atoms with van der Waals surface area (Å²) in [6.45, 7) is 3.56. The first-order chi connectivity index (χ1) is 20.1. The van der Waals surface area contributed by atoms with Gasteiger partial charge in [0.1, 0.15) is 18.1 Å². The molecule has 41 heavy (non-hydrogen) atoms. The van der Waals surface area contributed by atoms with Crippen molar-refractivity contribution >= 4 is 17.7 Å². The van der Waals surface area contributed by atoms with Gasteiger partial charge in [-0.2, -0.15) is 0 Å². The summed E-state index contributed by atoms with van der Waals surface area (Å²) >= 11 is 1.71. The molecule has 2 aliphatic rings. The molecular weight excluding hydrogens is 540 g/mol. The molecule has 2 aromatic carbocycles. The number of fused-ring (bicyclic) bond motifs is 1. The largest absolute Gasteiger partial charge is 0.497 e. The number of carbonyl (C=O) groups is 1. The Kier molecular flexibility index (Phi) is 10.3. The molecule has 0 saturated heterocycles. The van der Waals surface area contributed by atoms with Crippen LogP contribution in [0, 0.1) is 0 Å². The van der Waals surface area contributed by atoms with Crippen LogP contribution in [0.15, 0.2) is 64.5 Å². The van der Waals surface area contributed by atoms with E-state index in [1.165, 1.54) is 6.42 Å². The Morgan fingerprint density at radius 3 is 2.54 bits per heavy atom. The van der Waals surface area contributed by atoms with Crippen molar-refractivity contribution in [2.75, 3.05) is 46.6 Å². The first-order valence-electron chi connectivity index (χ1n) is 14.3. The highest BCUT2D eigenvalue weighted by Crippen LogP contribution is 2.36. The molecule has 0 unspecified atom stereocenters. The Bertz CT molecular complexity index is 1350. The van der Waals surface area contributed by atoms with Crippen molar-refractivity contribution in [1.82, 2.24) is 19.8 Å². The number of nitrogens with zero attached hydrogens (tertiary/aromatic N) is 3. The van der Waals surface area contributed by atoms with E-state index in [0.717, 1.165) is 40.9 Å². The highest BCUT2D eigenvalue weighted by atomic mass is 32.2. The lowest BCUT2D eigenvalue weighted by Crippen LogP contribution is -2.42. The molecule has 3 aromatic rings. The molecule has 1 aliphatic heterocycles. The Hall–Kier alpha value is -3.34. The van der Waals surface area contributed by atoms with Crippen LogP contribution in [-0.2, 0) is 22.5 Å². The van der Waals surface area contributed by atoms with Crippen LogP contribution in [0.2, 0.25) is 0 Å². The van der Waals surface area contributed by atoms with E-state index in [9.17, 15) is 9.59 Å². The third-order valence-corrected chi connectivity index (χ3v) is 8.67. The van der Waals surface area contributed by atoms with E-state index in [0.29, 0.717) is 69.7 Å². The molecule has 2 heterocycles. The summed E-state index contributed by atoms with van der Waals surface area (Å²) in [5.41, 5.74) is 2.22. The number of benzene rings is 2. The molecule has 1 saturated carbocycles. The number of ether oxygens (including phenoxy) is 3. The maximum atomic E-state index is 13.7. The predicted molar refractivity (Wildman–Crippen MR) is 159 cm³/mol. The highest BCUT2D eigenvalue weighted by molar-refractivity contribution is 7.99. The van der Waals surface area contributed by atoms with Crippen LogP contribution in [0.25, 0.3) is 5.69 Å². The average molecular weight is 579 g/mol. The van der Waals surface area contributed by atoms with Crippen molar-refractivity contribution in [3.63, 3.8) is 0 Å². The Morgan fingerprint density at radius 2 is 1.80 bits per heavy atom. The zero-order valence-electron chi connectivity index (χ0n) is 23.5. The molecule has 5 rings (SSSR count). The van der Waals surface area contributed by atoms with E-state index in [1.807, 2.05) is 54.6 Å². The molecule has 1 aliphatic carbocycles. The summed E-state index contributed by atoms with van der Waals surface area (Å²) in [6, 6.07) is 17.1. The van der Waals surface area contributed by atoms with Gasteiger partial charge in [0.05, 0.1) is 43.8 Å². The fraction of sp³-hybridized carbons (Fsp3) is 0.452. The van der Waals surface area contributed by atoms with Gasteiger partial charge in [0, 0.05) is 37.7 Å². The number of rotatable bonds is 14. The summed E-state index contributed by atoms with van der Waals surface area (Å²) in [4.78, 5) is 33.5. The molecule has 0 atom stereocenters. The minimum Gasteiger partial charge on any atom is -0.497 e. The van der Waals surface area contributed by atoms with E-state index >= 15 is 0 Å². The third kappa shape index (κ3) is 7.69. The van der Waals surface area contributed by atoms with Crippen LogP contribution in [0.1, 0.15) is 36.9 Å². The van der Waals surface area contributed by atoms with Gasteiger partial charge in [0.15, 0.2) is 5.16 Å². The van der Waals surface area contributed by atoms with Crippen LogP contribution in [0.3, 0.4) is 0 Å². The van der Waals surface area contributed by atoms with Gasteiger partial charge in [-0.05, 0) is 49.2 Å². The zero-order chi connectivity index (χ0) is 28.4. The quantitative estimate of drug-likeness (QED) is 0.228. The van der Waals surface area contributed by atoms with E-state index in [2.05, 4.69) is 5.32 Å². The predicted octanol–water partition coefficient (Wildman–Crippen LogP) is 3.85. The van der Waals surface area contributed by atoms with Gasteiger partial charge in [-0.1, -0.05) is 36.4 Å². The van der Waals surface area contributed by atoms with Crippen LogP contribution >= 0.6 is 11.8 Å². The second-order valence-electron chi connectivity index (χ2n) is 10.2. The minimum absolute atomic E-state index is 0.0375. The summed E-state index contributed by atoms with van der Waals surface area (Å²) in [7, 11) is 1.63. The van der Waals surface area contributed by atoms with Gasteiger partial charge in [-0.25, -0.2) is 4.98 Å². The minimum atomic E-state index is -0.0632. The van der Waals surface area contributed by atoms with E-state index in [4.69, 9.17) is 19.2 Å². The number of carbonyl (C=O) groups excluding carboxylic acids is 1. The zero-order valence-corrected chi connectivity index (χ0v) is 24.4. The number of hydrogen-bond acceptors (Lipinski definition) is 8. The maximum Gasteiger partial charge on any atom is 0.264 e. The van der Waals surface area contributed by atoms with Crippen molar-refractivity contribution in [3.05, 3.63) is 76.2 Å². The van der Waals surface area contributed by atoms with Gasteiger partial charge < -0.3 is 24.4 Å². The van der Waals surface area contributed by atoms with Gasteiger partial charge in [0.25, 0.3) is 5.56 Å². The number of thioether (sulfide) groups is 1. The number of para-hydroxylation sites is 1. The molecule has 1 aromatic heterocycles. The molecule has 1 fully saturated rings. The van der Waals surface area contributed by atoms with E-state index in [1.54, 1.807) is 28.3 Å².